The third-order valence-corrected chi connectivity index (χ3v) is 3.77. The van der Waals surface area contributed by atoms with E-state index in [1.165, 1.54) is 6.07 Å². The second-order valence-corrected chi connectivity index (χ2v) is 4.97. The molecular weight excluding hydrogens is 341 g/mol. The summed E-state index contributed by atoms with van der Waals surface area (Å²) in [7, 11) is 0. The molecule has 16 heavy (non-hydrogen) atoms. The first-order valence-electron chi connectivity index (χ1n) is 4.11. The van der Waals surface area contributed by atoms with Gasteiger partial charge in [0, 0.05) is 5.56 Å². The Morgan fingerprint density at radius 2 is 2.00 bits per heavy atom. The van der Waals surface area contributed by atoms with E-state index in [9.17, 15) is 4.39 Å². The van der Waals surface area contributed by atoms with Crippen LogP contribution in [0.2, 0.25) is 5.02 Å². The molecule has 1 heterocycles. The van der Waals surface area contributed by atoms with Crippen molar-refractivity contribution in [1.29, 1.82) is 0 Å². The summed E-state index contributed by atoms with van der Waals surface area (Å²) >= 11 is 20.5. The number of hydrogen-bond acceptors (Lipinski definition) is 2. The van der Waals surface area contributed by atoms with E-state index in [0.29, 0.717) is 5.56 Å². The molecule has 2 nitrogen and oxygen atoms in total. The molecule has 0 fully saturated rings. The summed E-state index contributed by atoms with van der Waals surface area (Å²) in [6, 6.07) is 1.49. The second kappa shape index (κ2) is 4.61. The standard InChI is InChI=1S/C9H3BrCl3FN2/c10-6-4(11)1-3-8(7(6)14)16-5(12)2-15-9(3)13/h1H,2H2. The third-order valence-electron chi connectivity index (χ3n) is 1.94. The fourth-order valence-corrected chi connectivity index (χ4v) is 2.07. The van der Waals surface area contributed by atoms with E-state index < -0.39 is 5.82 Å². The van der Waals surface area contributed by atoms with Crippen LogP contribution in [-0.4, -0.2) is 16.9 Å². The average molecular weight is 344 g/mol. The van der Waals surface area contributed by atoms with Gasteiger partial charge in [0.15, 0.2) is 5.82 Å². The summed E-state index contributed by atoms with van der Waals surface area (Å²) in [6.07, 6.45) is 0. The van der Waals surface area contributed by atoms with Crippen molar-refractivity contribution in [2.45, 2.75) is 0 Å². The zero-order chi connectivity index (χ0) is 11.9. The smallest absolute Gasteiger partial charge is 0.165 e. The van der Waals surface area contributed by atoms with Crippen LogP contribution in [0.4, 0.5) is 10.1 Å². The Labute approximate surface area is 114 Å². The minimum Gasteiger partial charge on any atom is -0.265 e. The van der Waals surface area contributed by atoms with Gasteiger partial charge in [-0.1, -0.05) is 34.8 Å². The highest BCUT2D eigenvalue weighted by Crippen LogP contribution is 2.37. The zero-order valence-electron chi connectivity index (χ0n) is 7.57. The first-order valence-corrected chi connectivity index (χ1v) is 6.04. The second-order valence-electron chi connectivity index (χ2n) is 2.98. The van der Waals surface area contributed by atoms with E-state index in [1.54, 1.807) is 0 Å². The van der Waals surface area contributed by atoms with Gasteiger partial charge in [-0.25, -0.2) is 9.38 Å². The Hall–Kier alpha value is -0.160. The van der Waals surface area contributed by atoms with Gasteiger partial charge in [0.1, 0.15) is 16.0 Å². The molecule has 2 rings (SSSR count). The molecule has 0 unspecified atom stereocenters. The highest BCUT2D eigenvalue weighted by molar-refractivity contribution is 9.10. The summed E-state index contributed by atoms with van der Waals surface area (Å²) in [4.78, 5) is 7.85. The Bertz CT molecular complexity index is 528. The van der Waals surface area contributed by atoms with Gasteiger partial charge in [-0.3, -0.25) is 4.99 Å². The lowest BCUT2D eigenvalue weighted by atomic mass is 10.2. The maximum atomic E-state index is 13.9. The molecule has 0 bridgehead atoms. The maximum Gasteiger partial charge on any atom is 0.165 e. The summed E-state index contributed by atoms with van der Waals surface area (Å²) in [5.41, 5.74) is 0.385. The van der Waals surface area contributed by atoms with Crippen molar-refractivity contribution in [2.24, 2.45) is 9.98 Å². The lowest BCUT2D eigenvalue weighted by molar-refractivity contribution is 0.623. The van der Waals surface area contributed by atoms with Crippen LogP contribution in [0.25, 0.3) is 0 Å². The van der Waals surface area contributed by atoms with E-state index in [1.807, 2.05) is 0 Å². The molecule has 0 N–H and O–H groups in total. The molecular formula is C9H3BrCl3FN2. The molecule has 0 aromatic heterocycles. The molecule has 0 atom stereocenters. The van der Waals surface area contributed by atoms with Crippen molar-refractivity contribution in [3.8, 4) is 0 Å². The molecule has 0 saturated carbocycles. The number of benzene rings is 1. The zero-order valence-corrected chi connectivity index (χ0v) is 11.4. The van der Waals surface area contributed by atoms with Crippen LogP contribution in [0.5, 0.6) is 0 Å². The molecule has 7 heteroatoms. The van der Waals surface area contributed by atoms with Crippen molar-refractivity contribution in [2.75, 3.05) is 6.54 Å². The Balaban J connectivity index is 2.80. The lowest BCUT2D eigenvalue weighted by Gasteiger charge is -2.06. The fraction of sp³-hybridized carbons (Fsp3) is 0.111. The van der Waals surface area contributed by atoms with Gasteiger partial charge in [-0.15, -0.1) is 0 Å². The highest BCUT2D eigenvalue weighted by atomic mass is 79.9. The molecule has 84 valence electrons. The molecule has 1 aromatic carbocycles. The molecule has 1 aromatic rings. The lowest BCUT2D eigenvalue weighted by Crippen LogP contribution is -1.95. The van der Waals surface area contributed by atoms with Crippen molar-refractivity contribution in [1.82, 2.24) is 0 Å². The van der Waals surface area contributed by atoms with Crippen LogP contribution in [0.15, 0.2) is 20.5 Å². The van der Waals surface area contributed by atoms with Gasteiger partial charge in [0.2, 0.25) is 0 Å². The van der Waals surface area contributed by atoms with E-state index in [2.05, 4.69) is 25.9 Å². The van der Waals surface area contributed by atoms with Gasteiger partial charge < -0.3 is 0 Å². The number of halogens is 5. The molecule has 1 aliphatic heterocycles. The van der Waals surface area contributed by atoms with Crippen molar-refractivity contribution in [3.63, 3.8) is 0 Å². The first kappa shape index (κ1) is 12.3. The Morgan fingerprint density at radius 3 is 2.69 bits per heavy atom. The SMILES string of the molecule is Fc1c(Br)c(Cl)cc2c1N=C(Cl)CN=C2Cl. The summed E-state index contributed by atoms with van der Waals surface area (Å²) in [5.74, 6) is -0.601. The van der Waals surface area contributed by atoms with Gasteiger partial charge in [0.25, 0.3) is 0 Å². The van der Waals surface area contributed by atoms with Gasteiger partial charge >= 0.3 is 0 Å². The fourth-order valence-electron chi connectivity index (χ4n) is 1.23. The monoisotopic (exact) mass is 342 g/mol. The number of hydrogen-bond donors (Lipinski definition) is 0. The molecule has 0 aliphatic carbocycles. The molecule has 0 saturated heterocycles. The Morgan fingerprint density at radius 1 is 1.31 bits per heavy atom. The minimum absolute atomic E-state index is 0.0486. The summed E-state index contributed by atoms with van der Waals surface area (Å²) in [6.45, 7) is 0.129. The van der Waals surface area contributed by atoms with Crippen molar-refractivity contribution >= 4 is 66.8 Å². The van der Waals surface area contributed by atoms with E-state index in [0.717, 1.165) is 0 Å². The van der Waals surface area contributed by atoms with Crippen LogP contribution in [0, 0.1) is 5.82 Å². The molecule has 1 aliphatic rings. The van der Waals surface area contributed by atoms with E-state index in [-0.39, 0.29) is 32.1 Å². The molecule has 0 radical (unpaired) electrons. The Kier molecular flexibility index (Phi) is 3.54. The minimum atomic E-state index is -0.601. The number of rotatable bonds is 0. The largest absolute Gasteiger partial charge is 0.265 e. The predicted octanol–water partition coefficient (Wildman–Crippen LogP) is 4.51. The van der Waals surface area contributed by atoms with Gasteiger partial charge in [-0.2, -0.15) is 0 Å². The number of fused-ring (bicyclic) bond motifs is 1. The molecule has 0 spiro atoms. The van der Waals surface area contributed by atoms with Crippen LogP contribution >= 0.6 is 50.7 Å². The van der Waals surface area contributed by atoms with E-state index in [4.69, 9.17) is 34.8 Å². The van der Waals surface area contributed by atoms with Gasteiger partial charge in [0.05, 0.1) is 16.0 Å². The summed E-state index contributed by atoms with van der Waals surface area (Å²) in [5, 5.41) is 0.519. The van der Waals surface area contributed by atoms with E-state index >= 15 is 0 Å². The van der Waals surface area contributed by atoms with Gasteiger partial charge in [-0.05, 0) is 22.0 Å². The topological polar surface area (TPSA) is 24.7 Å². The van der Waals surface area contributed by atoms with Crippen molar-refractivity contribution < 1.29 is 4.39 Å². The average Bonchev–Trinajstić information content (AvgIpc) is 2.38. The van der Waals surface area contributed by atoms with Crippen LogP contribution < -0.4 is 0 Å². The van der Waals surface area contributed by atoms with Crippen LogP contribution in [0.1, 0.15) is 5.56 Å². The summed E-state index contributed by atoms with van der Waals surface area (Å²) < 4.78 is 14.0. The highest BCUT2D eigenvalue weighted by Gasteiger charge is 2.20. The third kappa shape index (κ3) is 2.12. The first-order chi connectivity index (χ1) is 7.50. The van der Waals surface area contributed by atoms with Crippen LogP contribution in [-0.2, 0) is 0 Å². The number of nitrogens with zero attached hydrogens (tertiary/aromatic N) is 2. The van der Waals surface area contributed by atoms with Crippen molar-refractivity contribution in [3.05, 3.63) is 26.9 Å². The van der Waals surface area contributed by atoms with Crippen LogP contribution in [0.3, 0.4) is 0 Å². The predicted molar refractivity (Wildman–Crippen MR) is 69.3 cm³/mol. The number of aliphatic imine (C=N–C) groups is 2. The normalized spacial score (nSPS) is 15.1. The molecule has 0 amide bonds. The quantitative estimate of drug-likeness (QED) is 0.619. The maximum absolute atomic E-state index is 13.9.